The number of benzene rings is 1. The lowest BCUT2D eigenvalue weighted by atomic mass is 9.98. The van der Waals surface area contributed by atoms with Crippen molar-refractivity contribution >= 4 is 5.97 Å². The van der Waals surface area contributed by atoms with Crippen LogP contribution in [0.15, 0.2) is 36.4 Å². The molecule has 1 fully saturated rings. The molecule has 94 valence electrons. The van der Waals surface area contributed by atoms with Crippen LogP contribution in [0, 0.1) is 0 Å². The number of hydroxylamine groups is 2. The minimum Gasteiger partial charge on any atom is -0.478 e. The molecule has 0 spiro atoms. The van der Waals surface area contributed by atoms with Gasteiger partial charge < -0.3 is 5.11 Å². The molecule has 4 rings (SSSR count). The van der Waals surface area contributed by atoms with Crippen LogP contribution in [0.25, 0.3) is 0 Å². The zero-order valence-electron chi connectivity index (χ0n) is 9.95. The predicted molar refractivity (Wildman–Crippen MR) is 66.0 cm³/mol. The van der Waals surface area contributed by atoms with Crippen LogP contribution in [0.2, 0.25) is 0 Å². The van der Waals surface area contributed by atoms with Gasteiger partial charge in [-0.2, -0.15) is 5.06 Å². The number of rotatable bonds is 3. The van der Waals surface area contributed by atoms with Crippen LogP contribution in [-0.2, 0) is 11.4 Å². The largest absolute Gasteiger partial charge is 0.478 e. The van der Waals surface area contributed by atoms with Crippen molar-refractivity contribution in [1.29, 1.82) is 0 Å². The van der Waals surface area contributed by atoms with Gasteiger partial charge in [0.15, 0.2) is 0 Å². The topological polar surface area (TPSA) is 49.8 Å². The van der Waals surface area contributed by atoms with Crippen molar-refractivity contribution in [3.05, 3.63) is 47.5 Å². The highest BCUT2D eigenvalue weighted by Gasteiger charge is 2.30. The Hall–Kier alpha value is -1.65. The third kappa shape index (κ3) is 2.17. The van der Waals surface area contributed by atoms with Gasteiger partial charge in [-0.3, -0.25) is 4.84 Å². The van der Waals surface area contributed by atoms with E-state index in [4.69, 9.17) is 9.94 Å². The average molecular weight is 245 g/mol. The van der Waals surface area contributed by atoms with Gasteiger partial charge in [-0.25, -0.2) is 4.79 Å². The minimum atomic E-state index is -0.891. The number of nitrogens with zero attached hydrogens (tertiary/aromatic N) is 1. The summed E-state index contributed by atoms with van der Waals surface area (Å²) < 4.78 is 0. The first kappa shape index (κ1) is 11.4. The van der Waals surface area contributed by atoms with Crippen molar-refractivity contribution in [3.63, 3.8) is 0 Å². The number of carbonyl (C=O) groups is 1. The number of carboxylic acids is 1. The van der Waals surface area contributed by atoms with Gasteiger partial charge in [-0.15, -0.1) is 0 Å². The molecule has 3 aliphatic rings. The highest BCUT2D eigenvalue weighted by Crippen LogP contribution is 2.28. The van der Waals surface area contributed by atoms with Crippen molar-refractivity contribution in [3.8, 4) is 0 Å². The van der Waals surface area contributed by atoms with Crippen LogP contribution in [0.3, 0.4) is 0 Å². The fraction of sp³-hybridized carbons (Fsp3) is 0.357. The zero-order chi connectivity index (χ0) is 12.5. The Labute approximate surface area is 105 Å². The van der Waals surface area contributed by atoms with Crippen LogP contribution < -0.4 is 0 Å². The Kier molecular flexibility index (Phi) is 2.89. The molecule has 1 N–H and O–H groups in total. The highest BCUT2D eigenvalue weighted by atomic mass is 16.7. The summed E-state index contributed by atoms with van der Waals surface area (Å²) in [5, 5.41) is 10.8. The predicted octanol–water partition coefficient (Wildman–Crippen LogP) is 2.22. The van der Waals surface area contributed by atoms with E-state index in [0.29, 0.717) is 18.2 Å². The van der Waals surface area contributed by atoms with Gasteiger partial charge in [0.25, 0.3) is 0 Å². The second kappa shape index (κ2) is 4.55. The van der Waals surface area contributed by atoms with E-state index >= 15 is 0 Å². The first-order chi connectivity index (χ1) is 8.72. The summed E-state index contributed by atoms with van der Waals surface area (Å²) in [4.78, 5) is 16.6. The van der Waals surface area contributed by atoms with Crippen LogP contribution in [-0.4, -0.2) is 28.3 Å². The maximum atomic E-state index is 10.8. The Balaban J connectivity index is 1.70. The molecule has 4 nitrogen and oxygen atoms in total. The summed E-state index contributed by atoms with van der Waals surface area (Å²) in [6.45, 7) is 0.700. The molecule has 0 amide bonds. The average Bonchev–Trinajstić information content (AvgIpc) is 2.41. The third-order valence-corrected chi connectivity index (χ3v) is 3.47. The maximum Gasteiger partial charge on any atom is 0.335 e. The summed E-state index contributed by atoms with van der Waals surface area (Å²) in [6, 6.07) is 7.32. The molecule has 0 aromatic heterocycles. The second-order valence-corrected chi connectivity index (χ2v) is 4.75. The Morgan fingerprint density at radius 3 is 2.56 bits per heavy atom. The molecule has 1 aliphatic carbocycles. The quantitative estimate of drug-likeness (QED) is 0.829. The molecular formula is C14H15NO3. The SMILES string of the molecule is O=C(O)c1ccc(CN2O[C@@H]3C=C[C@H]2CC3)cc1. The highest BCUT2D eigenvalue weighted by molar-refractivity contribution is 5.87. The molecule has 2 aliphatic heterocycles. The molecule has 0 saturated carbocycles. The van der Waals surface area contributed by atoms with E-state index in [2.05, 4.69) is 12.2 Å². The van der Waals surface area contributed by atoms with Gasteiger partial charge in [-0.05, 0) is 30.5 Å². The first-order valence-corrected chi connectivity index (χ1v) is 6.16. The van der Waals surface area contributed by atoms with Gasteiger partial charge in [0.2, 0.25) is 0 Å². The lowest BCUT2D eigenvalue weighted by Crippen LogP contribution is -2.44. The van der Waals surface area contributed by atoms with E-state index in [0.717, 1.165) is 18.4 Å². The van der Waals surface area contributed by atoms with E-state index in [-0.39, 0.29) is 6.10 Å². The standard InChI is InChI=1S/C14H15NO3/c16-14(17)11-3-1-10(2-4-11)9-15-12-5-7-13(18-15)8-6-12/h1-5,7,12-13H,6,8-9H2,(H,16,17)/t12-,13+/m0/s1. The molecule has 0 unspecified atom stereocenters. The third-order valence-electron chi connectivity index (χ3n) is 3.47. The number of hydrogen-bond donors (Lipinski definition) is 1. The van der Waals surface area contributed by atoms with E-state index in [1.807, 2.05) is 17.2 Å². The summed E-state index contributed by atoms with van der Waals surface area (Å²) in [5.41, 5.74) is 1.39. The lowest BCUT2D eigenvalue weighted by molar-refractivity contribution is -0.240. The zero-order valence-corrected chi connectivity index (χ0v) is 9.95. The molecule has 1 saturated heterocycles. The van der Waals surface area contributed by atoms with Crippen LogP contribution in [0.1, 0.15) is 28.8 Å². The number of carboxylic acid groups (broad SMARTS) is 1. The van der Waals surface area contributed by atoms with Gasteiger partial charge >= 0.3 is 5.97 Å². The van der Waals surface area contributed by atoms with Gasteiger partial charge in [0.05, 0.1) is 17.7 Å². The Bertz CT molecular complexity index is 480. The number of aromatic carboxylic acids is 1. The summed E-state index contributed by atoms with van der Waals surface area (Å²) >= 11 is 0. The summed E-state index contributed by atoms with van der Waals surface area (Å²) in [6.07, 6.45) is 6.76. The Morgan fingerprint density at radius 1 is 1.28 bits per heavy atom. The molecule has 2 bridgehead atoms. The number of fused-ring (bicyclic) bond motifs is 2. The monoisotopic (exact) mass is 245 g/mol. The normalized spacial score (nSPS) is 26.4. The molecule has 2 atom stereocenters. The van der Waals surface area contributed by atoms with Crippen LogP contribution in [0.5, 0.6) is 0 Å². The van der Waals surface area contributed by atoms with Crippen molar-refractivity contribution in [2.75, 3.05) is 0 Å². The van der Waals surface area contributed by atoms with Gasteiger partial charge in [0, 0.05) is 6.54 Å². The van der Waals surface area contributed by atoms with Crippen LogP contribution >= 0.6 is 0 Å². The molecule has 4 heteroatoms. The number of hydrogen-bond acceptors (Lipinski definition) is 3. The maximum absolute atomic E-state index is 10.8. The van der Waals surface area contributed by atoms with E-state index in [9.17, 15) is 4.79 Å². The molecular weight excluding hydrogens is 230 g/mol. The fourth-order valence-corrected chi connectivity index (χ4v) is 2.45. The fourth-order valence-electron chi connectivity index (χ4n) is 2.45. The smallest absolute Gasteiger partial charge is 0.335 e. The van der Waals surface area contributed by atoms with E-state index in [1.165, 1.54) is 0 Å². The summed E-state index contributed by atoms with van der Waals surface area (Å²) in [7, 11) is 0. The van der Waals surface area contributed by atoms with Crippen molar-refractivity contribution < 1.29 is 14.7 Å². The summed E-state index contributed by atoms with van der Waals surface area (Å²) in [5.74, 6) is -0.891. The molecule has 1 aromatic rings. The Morgan fingerprint density at radius 2 is 2.06 bits per heavy atom. The second-order valence-electron chi connectivity index (χ2n) is 4.75. The van der Waals surface area contributed by atoms with Gasteiger partial charge in [-0.1, -0.05) is 24.3 Å². The molecule has 0 radical (unpaired) electrons. The molecule has 2 heterocycles. The minimum absolute atomic E-state index is 0.216. The lowest BCUT2D eigenvalue weighted by Gasteiger charge is -2.40. The van der Waals surface area contributed by atoms with Crippen LogP contribution in [0.4, 0.5) is 0 Å². The molecule has 1 aromatic carbocycles. The van der Waals surface area contributed by atoms with Crippen molar-refractivity contribution in [2.24, 2.45) is 0 Å². The van der Waals surface area contributed by atoms with E-state index < -0.39 is 5.97 Å². The van der Waals surface area contributed by atoms with Gasteiger partial charge in [0.1, 0.15) is 0 Å². The first-order valence-electron chi connectivity index (χ1n) is 6.16. The van der Waals surface area contributed by atoms with Crippen molar-refractivity contribution in [1.82, 2.24) is 5.06 Å². The van der Waals surface area contributed by atoms with E-state index in [1.54, 1.807) is 12.1 Å². The molecule has 18 heavy (non-hydrogen) atoms. The van der Waals surface area contributed by atoms with Crippen molar-refractivity contribution in [2.45, 2.75) is 31.5 Å².